The van der Waals surface area contributed by atoms with Gasteiger partial charge in [-0.3, -0.25) is 4.79 Å². The highest BCUT2D eigenvalue weighted by molar-refractivity contribution is 5.66. The van der Waals surface area contributed by atoms with Crippen molar-refractivity contribution >= 4 is 5.97 Å². The molecule has 0 aliphatic heterocycles. The van der Waals surface area contributed by atoms with Gasteiger partial charge in [-0.2, -0.15) is 0 Å². The van der Waals surface area contributed by atoms with E-state index < -0.39 is 5.97 Å². The van der Waals surface area contributed by atoms with Crippen molar-refractivity contribution in [3.63, 3.8) is 0 Å². The lowest BCUT2D eigenvalue weighted by Gasteiger charge is -2.62. The van der Waals surface area contributed by atoms with Gasteiger partial charge in [-0.25, -0.2) is 0 Å². The van der Waals surface area contributed by atoms with Crippen LogP contribution in [0.4, 0.5) is 0 Å². The number of aliphatic hydroxyl groups is 2. The predicted molar refractivity (Wildman–Crippen MR) is 109 cm³/mol. The molecule has 0 radical (unpaired) electrons. The fourth-order valence-corrected chi connectivity index (χ4v) is 8.81. The van der Waals surface area contributed by atoms with Gasteiger partial charge in [0, 0.05) is 6.42 Å². The van der Waals surface area contributed by atoms with Crippen LogP contribution >= 0.6 is 0 Å². The van der Waals surface area contributed by atoms with Crippen molar-refractivity contribution in [2.45, 2.75) is 97.2 Å². The Labute approximate surface area is 170 Å². The fourth-order valence-electron chi connectivity index (χ4n) is 8.81. The van der Waals surface area contributed by atoms with E-state index >= 15 is 0 Å². The van der Waals surface area contributed by atoms with Gasteiger partial charge in [-0.1, -0.05) is 20.8 Å². The summed E-state index contributed by atoms with van der Waals surface area (Å²) in [7, 11) is 0. The molecule has 4 rings (SSSR count). The highest BCUT2D eigenvalue weighted by atomic mass is 16.4. The lowest BCUT2D eigenvalue weighted by molar-refractivity contribution is -0.172. The third-order valence-electron chi connectivity index (χ3n) is 10.2. The second-order valence-corrected chi connectivity index (χ2v) is 11.4. The number of rotatable bonds is 4. The van der Waals surface area contributed by atoms with E-state index in [0.717, 1.165) is 32.1 Å². The number of aliphatic carboxylic acids is 1. The molecule has 0 aromatic heterocycles. The predicted octanol–water partition coefficient (Wildman–Crippen LogP) is 4.48. The second kappa shape index (κ2) is 7.27. The van der Waals surface area contributed by atoms with Crippen LogP contribution < -0.4 is 0 Å². The van der Waals surface area contributed by atoms with Gasteiger partial charge in [0.1, 0.15) is 0 Å². The molecule has 4 aliphatic carbocycles. The zero-order valence-electron chi connectivity index (χ0n) is 17.9. The lowest BCUT2D eigenvalue weighted by Crippen LogP contribution is -2.58. The van der Waals surface area contributed by atoms with Crippen LogP contribution in [0.2, 0.25) is 0 Å². The molecule has 4 saturated carbocycles. The summed E-state index contributed by atoms with van der Waals surface area (Å²) in [6.07, 6.45) is 9.16. The normalized spacial score (nSPS) is 51.7. The molecule has 4 nitrogen and oxygen atoms in total. The van der Waals surface area contributed by atoms with Crippen molar-refractivity contribution in [2.24, 2.45) is 46.3 Å². The Morgan fingerprint density at radius 2 is 1.64 bits per heavy atom. The Kier molecular flexibility index (Phi) is 5.36. The zero-order chi connectivity index (χ0) is 20.3. The van der Waals surface area contributed by atoms with Crippen LogP contribution in [0, 0.1) is 46.3 Å². The Bertz CT molecular complexity index is 605. The van der Waals surface area contributed by atoms with Crippen LogP contribution in [0.3, 0.4) is 0 Å². The number of fused-ring (bicyclic) bond motifs is 5. The van der Waals surface area contributed by atoms with Crippen molar-refractivity contribution in [1.82, 2.24) is 0 Å². The second-order valence-electron chi connectivity index (χ2n) is 11.4. The average Bonchev–Trinajstić information content (AvgIpc) is 2.99. The van der Waals surface area contributed by atoms with Crippen LogP contribution in [0.15, 0.2) is 0 Å². The summed E-state index contributed by atoms with van der Waals surface area (Å²) < 4.78 is 0. The molecule has 0 heterocycles. The number of carboxylic acid groups (broad SMARTS) is 1. The number of carbonyl (C=O) groups is 1. The monoisotopic (exact) mass is 392 g/mol. The highest BCUT2D eigenvalue weighted by Crippen LogP contribution is 2.68. The molecule has 0 saturated heterocycles. The third kappa shape index (κ3) is 3.14. The SMILES string of the molecule is C[C@@H](CCC(=O)O)[C@@H]1CC[C@H]2[C@H]3C[C@H](O)[C@H]4C[C@@H](O)CC[C@]4(C)[C@@H]3CC[C@@]21C. The summed E-state index contributed by atoms with van der Waals surface area (Å²) >= 11 is 0. The number of aliphatic hydroxyl groups excluding tert-OH is 2. The maximum atomic E-state index is 11.1. The molecule has 4 fully saturated rings. The molecule has 4 aliphatic rings. The average molecular weight is 393 g/mol. The smallest absolute Gasteiger partial charge is 0.303 e. The molecule has 4 heteroatoms. The van der Waals surface area contributed by atoms with E-state index in [1.165, 1.54) is 25.7 Å². The van der Waals surface area contributed by atoms with Gasteiger partial charge in [-0.15, -0.1) is 0 Å². The first-order chi connectivity index (χ1) is 13.2. The third-order valence-corrected chi connectivity index (χ3v) is 10.2. The van der Waals surface area contributed by atoms with Crippen molar-refractivity contribution in [3.05, 3.63) is 0 Å². The molecule has 3 N–H and O–H groups in total. The van der Waals surface area contributed by atoms with E-state index in [0.29, 0.717) is 35.0 Å². The van der Waals surface area contributed by atoms with Crippen LogP contribution in [0.5, 0.6) is 0 Å². The van der Waals surface area contributed by atoms with E-state index in [2.05, 4.69) is 20.8 Å². The molecule has 0 unspecified atom stereocenters. The molecular weight excluding hydrogens is 352 g/mol. The Balaban J connectivity index is 1.55. The van der Waals surface area contributed by atoms with E-state index in [9.17, 15) is 15.0 Å². The van der Waals surface area contributed by atoms with Crippen LogP contribution in [-0.2, 0) is 4.79 Å². The van der Waals surface area contributed by atoms with E-state index in [-0.39, 0.29) is 30.0 Å². The molecule has 0 amide bonds. The molecule has 10 atom stereocenters. The number of hydrogen-bond acceptors (Lipinski definition) is 3. The summed E-state index contributed by atoms with van der Waals surface area (Å²) in [6, 6.07) is 0. The van der Waals surface area contributed by atoms with Crippen LogP contribution in [0.25, 0.3) is 0 Å². The summed E-state index contributed by atoms with van der Waals surface area (Å²) in [5.74, 6) is 2.61. The minimum atomic E-state index is -0.677. The minimum Gasteiger partial charge on any atom is -0.481 e. The van der Waals surface area contributed by atoms with Crippen molar-refractivity contribution in [1.29, 1.82) is 0 Å². The maximum absolute atomic E-state index is 11.1. The number of carboxylic acids is 1. The van der Waals surface area contributed by atoms with Crippen molar-refractivity contribution in [2.75, 3.05) is 0 Å². The molecule has 0 bridgehead atoms. The summed E-state index contributed by atoms with van der Waals surface area (Å²) in [5, 5.41) is 30.4. The van der Waals surface area contributed by atoms with Crippen molar-refractivity contribution < 1.29 is 20.1 Å². The number of hydrogen-bond donors (Lipinski definition) is 3. The minimum absolute atomic E-state index is 0.176. The Hall–Kier alpha value is -0.610. The van der Waals surface area contributed by atoms with Gasteiger partial charge >= 0.3 is 5.97 Å². The first-order valence-electron chi connectivity index (χ1n) is 11.7. The fraction of sp³-hybridized carbons (Fsp3) is 0.958. The van der Waals surface area contributed by atoms with E-state index in [1.54, 1.807) is 0 Å². The van der Waals surface area contributed by atoms with Crippen LogP contribution in [-0.4, -0.2) is 33.5 Å². The summed E-state index contributed by atoms with van der Waals surface area (Å²) in [6.45, 7) is 7.16. The van der Waals surface area contributed by atoms with Gasteiger partial charge in [0.2, 0.25) is 0 Å². The summed E-state index contributed by atoms with van der Waals surface area (Å²) in [4.78, 5) is 11.1. The first kappa shape index (κ1) is 20.7. The molecular formula is C24H40O4. The van der Waals surface area contributed by atoms with Gasteiger partial charge in [0.25, 0.3) is 0 Å². The molecule has 0 spiro atoms. The zero-order valence-corrected chi connectivity index (χ0v) is 17.9. The Morgan fingerprint density at radius 3 is 2.36 bits per heavy atom. The standard InChI is InChI=1S/C24H40O4/c1-14(4-7-22(27)28)17-5-6-18-16-13-21(26)20-12-15(25)8-10-24(20,3)19(16)9-11-23(17,18)2/h14-21,25-26H,4-13H2,1-3H3,(H,27,28)/t14-,15-,16+,17-,18-,19+,20+,21-,23+,24+/m0/s1. The van der Waals surface area contributed by atoms with Gasteiger partial charge in [0.05, 0.1) is 12.2 Å². The van der Waals surface area contributed by atoms with Gasteiger partial charge in [0.15, 0.2) is 0 Å². The lowest BCUT2D eigenvalue weighted by atomic mass is 9.44. The van der Waals surface area contributed by atoms with E-state index in [4.69, 9.17) is 5.11 Å². The maximum Gasteiger partial charge on any atom is 0.303 e. The topological polar surface area (TPSA) is 77.8 Å². The van der Waals surface area contributed by atoms with E-state index in [1.807, 2.05) is 0 Å². The quantitative estimate of drug-likeness (QED) is 0.659. The summed E-state index contributed by atoms with van der Waals surface area (Å²) in [5.41, 5.74) is 0.478. The molecule has 160 valence electrons. The van der Waals surface area contributed by atoms with Gasteiger partial charge in [-0.05, 0) is 104 Å². The molecule has 0 aromatic rings. The molecule has 28 heavy (non-hydrogen) atoms. The van der Waals surface area contributed by atoms with Crippen molar-refractivity contribution in [3.8, 4) is 0 Å². The van der Waals surface area contributed by atoms with Crippen LogP contribution in [0.1, 0.15) is 85.0 Å². The first-order valence-corrected chi connectivity index (χ1v) is 11.7. The van der Waals surface area contributed by atoms with Gasteiger partial charge < -0.3 is 15.3 Å². The largest absolute Gasteiger partial charge is 0.481 e. The highest BCUT2D eigenvalue weighted by Gasteiger charge is 2.62. The Morgan fingerprint density at radius 1 is 0.964 bits per heavy atom. The molecule has 0 aromatic carbocycles.